The van der Waals surface area contributed by atoms with Gasteiger partial charge in [-0.3, -0.25) is 0 Å². The Morgan fingerprint density at radius 1 is 0.208 bits per heavy atom. The smallest absolute Gasteiger partial charge is 0.132 e. The lowest BCUT2D eigenvalue weighted by atomic mass is 9.66. The van der Waals surface area contributed by atoms with Gasteiger partial charge in [0.15, 0.2) is 0 Å². The van der Waals surface area contributed by atoms with Crippen molar-refractivity contribution < 1.29 is 9.47 Å². The lowest BCUT2D eigenvalue weighted by molar-refractivity contribution is 0.436. The van der Waals surface area contributed by atoms with Crippen molar-refractivity contribution in [3.8, 4) is 78.6 Å². The minimum absolute atomic E-state index is 0.499. The van der Waals surface area contributed by atoms with E-state index in [0.29, 0.717) is 0 Å². The van der Waals surface area contributed by atoms with Crippen LogP contribution in [0.2, 0.25) is 0 Å². The Balaban J connectivity index is 0.804. The van der Waals surface area contributed by atoms with Gasteiger partial charge in [-0.05, 0) is 151 Å². The first-order chi connectivity index (χ1) is 38.2. The first-order valence-corrected chi connectivity index (χ1v) is 26.6. The average Bonchev–Trinajstić information content (AvgIpc) is 3.97. The van der Waals surface area contributed by atoms with Crippen molar-refractivity contribution in [1.29, 1.82) is 0 Å². The van der Waals surface area contributed by atoms with Gasteiger partial charge in [0.2, 0.25) is 0 Å². The maximum Gasteiger partial charge on any atom is 0.132 e. The number of benzene rings is 12. The van der Waals surface area contributed by atoms with Crippen LogP contribution in [0.1, 0.15) is 44.5 Å². The van der Waals surface area contributed by atoms with Gasteiger partial charge in [0.1, 0.15) is 23.0 Å². The zero-order valence-electron chi connectivity index (χ0n) is 41.9. The standard InChI is InChI=1S/C74H47NO2/c1-2-17-48(18-3-1)49-33-39-54(40-34-49)75(55-41-35-50(36-42-55)52-37-43-63-59(46-52)57-21-4-6-23-61(57)73(63)65-25-8-12-29-69(65)76-70-30-13-9-26-66(70)73)56-20-16-19-51(45-56)53-38-44-64-60(47-53)58-22-5-7-24-62(58)74(64)67-27-10-14-31-71(67)77-72-32-15-11-28-68(72)74/h1-47H. The molecular formula is C74H47NO2. The van der Waals surface area contributed by atoms with Crippen LogP contribution in [0, 0.1) is 0 Å². The van der Waals surface area contributed by atoms with Crippen LogP contribution < -0.4 is 14.4 Å². The van der Waals surface area contributed by atoms with Gasteiger partial charge >= 0.3 is 0 Å². The Hall–Kier alpha value is -9.96. The third kappa shape index (κ3) is 6.26. The van der Waals surface area contributed by atoms with Crippen LogP contribution in [-0.4, -0.2) is 0 Å². The molecule has 0 fully saturated rings. The summed E-state index contributed by atoms with van der Waals surface area (Å²) in [5.41, 5.74) is 24.0. The summed E-state index contributed by atoms with van der Waals surface area (Å²) in [5.74, 6) is 3.60. The molecule has 3 nitrogen and oxygen atoms in total. The Morgan fingerprint density at radius 2 is 0.532 bits per heavy atom. The molecule has 2 heterocycles. The molecule has 0 aromatic heterocycles. The van der Waals surface area contributed by atoms with E-state index in [4.69, 9.17) is 9.47 Å². The topological polar surface area (TPSA) is 21.7 Å². The third-order valence-corrected chi connectivity index (χ3v) is 16.8. The van der Waals surface area contributed by atoms with Crippen LogP contribution in [0.5, 0.6) is 23.0 Å². The van der Waals surface area contributed by atoms with E-state index < -0.39 is 10.8 Å². The molecule has 12 aromatic rings. The molecule has 12 aromatic carbocycles. The highest BCUT2D eigenvalue weighted by Gasteiger charge is 2.52. The van der Waals surface area contributed by atoms with E-state index in [0.717, 1.165) is 56.8 Å². The van der Waals surface area contributed by atoms with Gasteiger partial charge in [-0.25, -0.2) is 0 Å². The van der Waals surface area contributed by atoms with Crippen LogP contribution in [0.3, 0.4) is 0 Å². The summed E-state index contributed by atoms with van der Waals surface area (Å²) in [5, 5.41) is 0. The summed E-state index contributed by atoms with van der Waals surface area (Å²) in [6.45, 7) is 0. The summed E-state index contributed by atoms with van der Waals surface area (Å²) in [6, 6.07) is 104. The number of ether oxygens (including phenoxy) is 2. The molecular weight excluding hydrogens is 935 g/mol. The Bertz CT molecular complexity index is 4250. The molecule has 0 unspecified atom stereocenters. The van der Waals surface area contributed by atoms with Gasteiger partial charge in [-0.15, -0.1) is 0 Å². The molecule has 0 bridgehead atoms. The average molecular weight is 982 g/mol. The van der Waals surface area contributed by atoms with Crippen molar-refractivity contribution >= 4 is 17.1 Å². The van der Waals surface area contributed by atoms with E-state index in [-0.39, 0.29) is 0 Å². The number of anilines is 3. The quantitative estimate of drug-likeness (QED) is 0.166. The largest absolute Gasteiger partial charge is 0.457 e. The molecule has 77 heavy (non-hydrogen) atoms. The lowest BCUT2D eigenvalue weighted by Gasteiger charge is -2.39. The van der Waals surface area contributed by atoms with Crippen LogP contribution >= 0.6 is 0 Å². The number of fused-ring (bicyclic) bond motifs is 18. The van der Waals surface area contributed by atoms with Crippen molar-refractivity contribution in [2.75, 3.05) is 4.90 Å². The van der Waals surface area contributed by atoms with Gasteiger partial charge in [0, 0.05) is 39.3 Å². The van der Waals surface area contributed by atoms with Gasteiger partial charge in [0.25, 0.3) is 0 Å². The van der Waals surface area contributed by atoms with Crippen molar-refractivity contribution in [1.82, 2.24) is 0 Å². The molecule has 2 aliphatic carbocycles. The van der Waals surface area contributed by atoms with Crippen LogP contribution in [0.15, 0.2) is 285 Å². The highest BCUT2D eigenvalue weighted by molar-refractivity contribution is 5.93. The SMILES string of the molecule is c1ccc(-c2ccc(N(c3ccc(-c4ccc5c(c4)-c4ccccc4C54c5ccccc5Oc5ccccc54)cc3)c3cccc(-c4ccc5c(c4)-c4ccccc4C54c5ccccc5Oc5ccccc54)c3)cc2)cc1. The Morgan fingerprint density at radius 3 is 1.00 bits per heavy atom. The lowest BCUT2D eigenvalue weighted by Crippen LogP contribution is -2.32. The number of hydrogen-bond donors (Lipinski definition) is 0. The molecule has 0 saturated heterocycles. The normalized spacial score (nSPS) is 13.9. The highest BCUT2D eigenvalue weighted by Crippen LogP contribution is 2.64. The molecule has 0 radical (unpaired) electrons. The highest BCUT2D eigenvalue weighted by atomic mass is 16.5. The predicted molar refractivity (Wildman–Crippen MR) is 312 cm³/mol. The summed E-state index contributed by atoms with van der Waals surface area (Å²) >= 11 is 0. The number of rotatable bonds is 6. The van der Waals surface area contributed by atoms with Crippen LogP contribution in [0.25, 0.3) is 55.6 Å². The predicted octanol–water partition coefficient (Wildman–Crippen LogP) is 19.1. The molecule has 360 valence electrons. The van der Waals surface area contributed by atoms with E-state index in [9.17, 15) is 0 Å². The zero-order chi connectivity index (χ0) is 50.7. The monoisotopic (exact) mass is 981 g/mol. The maximum atomic E-state index is 6.61. The molecule has 3 heteroatoms. The fourth-order valence-electron chi connectivity index (χ4n) is 13.6. The fourth-order valence-corrected chi connectivity index (χ4v) is 13.6. The van der Waals surface area contributed by atoms with Gasteiger partial charge in [-0.1, -0.05) is 212 Å². The van der Waals surface area contributed by atoms with Crippen LogP contribution in [0.4, 0.5) is 17.1 Å². The molecule has 0 saturated carbocycles. The Labute approximate surface area is 448 Å². The molecule has 0 atom stereocenters. The van der Waals surface area contributed by atoms with Gasteiger partial charge < -0.3 is 14.4 Å². The first-order valence-electron chi connectivity index (χ1n) is 26.6. The van der Waals surface area contributed by atoms with Gasteiger partial charge in [-0.2, -0.15) is 0 Å². The Kier molecular flexibility index (Phi) is 9.47. The van der Waals surface area contributed by atoms with E-state index in [1.54, 1.807) is 0 Å². The second-order valence-electron chi connectivity index (χ2n) is 20.6. The summed E-state index contributed by atoms with van der Waals surface area (Å²) in [6.07, 6.45) is 0. The van der Waals surface area contributed by atoms with E-state index in [2.05, 4.69) is 290 Å². The molecule has 2 spiro atoms. The summed E-state index contributed by atoms with van der Waals surface area (Å²) in [7, 11) is 0. The van der Waals surface area contributed by atoms with E-state index in [1.807, 2.05) is 0 Å². The summed E-state index contributed by atoms with van der Waals surface area (Å²) < 4.78 is 13.2. The number of hydrogen-bond acceptors (Lipinski definition) is 3. The maximum absolute atomic E-state index is 6.61. The minimum Gasteiger partial charge on any atom is -0.457 e. The molecule has 2 aliphatic heterocycles. The minimum atomic E-state index is -0.512. The summed E-state index contributed by atoms with van der Waals surface area (Å²) in [4.78, 5) is 2.39. The second-order valence-corrected chi connectivity index (χ2v) is 20.6. The number of para-hydroxylation sites is 4. The second kappa shape index (κ2) is 16.8. The third-order valence-electron chi connectivity index (χ3n) is 16.8. The number of nitrogens with zero attached hydrogens (tertiary/aromatic N) is 1. The molecule has 16 rings (SSSR count). The molecule has 0 N–H and O–H groups in total. The fraction of sp³-hybridized carbons (Fsp3) is 0.0270. The zero-order valence-corrected chi connectivity index (χ0v) is 41.9. The van der Waals surface area contributed by atoms with E-state index in [1.165, 1.54) is 83.5 Å². The van der Waals surface area contributed by atoms with Crippen molar-refractivity contribution in [3.63, 3.8) is 0 Å². The van der Waals surface area contributed by atoms with E-state index >= 15 is 0 Å². The first kappa shape index (κ1) is 43.4. The van der Waals surface area contributed by atoms with Crippen molar-refractivity contribution in [3.05, 3.63) is 330 Å². The van der Waals surface area contributed by atoms with Crippen molar-refractivity contribution in [2.45, 2.75) is 10.8 Å². The van der Waals surface area contributed by atoms with Crippen molar-refractivity contribution in [2.24, 2.45) is 0 Å². The molecule has 4 aliphatic rings. The molecule has 0 amide bonds. The van der Waals surface area contributed by atoms with Gasteiger partial charge in [0.05, 0.1) is 10.8 Å². The van der Waals surface area contributed by atoms with Crippen LogP contribution in [-0.2, 0) is 10.8 Å².